The van der Waals surface area contributed by atoms with Gasteiger partial charge in [0.05, 0.1) is 12.4 Å². The predicted molar refractivity (Wildman–Crippen MR) is 105 cm³/mol. The molecule has 5 nitrogen and oxygen atoms in total. The van der Waals surface area contributed by atoms with Gasteiger partial charge in [0.1, 0.15) is 5.75 Å². The van der Waals surface area contributed by atoms with Crippen LogP contribution in [0.3, 0.4) is 0 Å². The van der Waals surface area contributed by atoms with E-state index in [0.717, 1.165) is 14.8 Å². The van der Waals surface area contributed by atoms with E-state index in [4.69, 9.17) is 4.74 Å². The van der Waals surface area contributed by atoms with Gasteiger partial charge < -0.3 is 14.6 Å². The number of carbonyl (C=O) groups is 1. The minimum absolute atomic E-state index is 0.00193. The van der Waals surface area contributed by atoms with Crippen molar-refractivity contribution in [2.45, 2.75) is 13.0 Å². The molecule has 25 heavy (non-hydrogen) atoms. The third-order valence-corrected chi connectivity index (χ3v) is 4.48. The van der Waals surface area contributed by atoms with Crippen molar-refractivity contribution in [2.24, 2.45) is 0 Å². The van der Waals surface area contributed by atoms with Gasteiger partial charge in [0.25, 0.3) is 5.91 Å². The van der Waals surface area contributed by atoms with Crippen LogP contribution in [-0.4, -0.2) is 22.1 Å². The molecule has 6 heteroatoms. The number of rotatable bonds is 6. The number of carbonyl (C=O) groups excluding carboxylic acids is 1. The number of benzene rings is 2. The van der Waals surface area contributed by atoms with Crippen LogP contribution in [0.5, 0.6) is 5.75 Å². The number of imidazole rings is 1. The summed E-state index contributed by atoms with van der Waals surface area (Å²) in [7, 11) is 0. The fourth-order valence-corrected chi connectivity index (χ4v) is 2.75. The number of aromatic nitrogens is 2. The lowest BCUT2D eigenvalue weighted by Crippen LogP contribution is -2.31. The molecule has 0 saturated heterocycles. The Hall–Kier alpha value is -2.35. The van der Waals surface area contributed by atoms with Crippen LogP contribution in [-0.2, 0) is 4.79 Å². The molecule has 1 N–H and O–H groups in total. The summed E-state index contributed by atoms with van der Waals surface area (Å²) in [5.74, 6) is 0.539. The van der Waals surface area contributed by atoms with Crippen molar-refractivity contribution in [3.8, 4) is 11.4 Å². The van der Waals surface area contributed by atoms with Gasteiger partial charge in [-0.25, -0.2) is 4.98 Å². The van der Waals surface area contributed by atoms with Crippen molar-refractivity contribution >= 4 is 28.5 Å². The first kappa shape index (κ1) is 17.5. The van der Waals surface area contributed by atoms with Crippen LogP contribution in [0.4, 0.5) is 0 Å². The van der Waals surface area contributed by atoms with E-state index in [1.165, 1.54) is 0 Å². The van der Waals surface area contributed by atoms with Crippen LogP contribution in [0.1, 0.15) is 18.5 Å². The fourth-order valence-electron chi connectivity index (χ4n) is 2.39. The molecule has 0 saturated carbocycles. The van der Waals surface area contributed by atoms with Gasteiger partial charge in [-0.3, -0.25) is 4.79 Å². The number of ether oxygens (including phenoxy) is 1. The first-order chi connectivity index (χ1) is 12.1. The Morgan fingerprint density at radius 2 is 1.92 bits per heavy atom. The van der Waals surface area contributed by atoms with E-state index in [9.17, 15) is 4.79 Å². The van der Waals surface area contributed by atoms with Gasteiger partial charge in [-0.1, -0.05) is 12.1 Å². The summed E-state index contributed by atoms with van der Waals surface area (Å²) >= 11 is 2.23. The average Bonchev–Trinajstić information content (AvgIpc) is 3.16. The zero-order chi connectivity index (χ0) is 17.6. The van der Waals surface area contributed by atoms with Crippen molar-refractivity contribution in [2.75, 3.05) is 6.61 Å². The van der Waals surface area contributed by atoms with E-state index in [-0.39, 0.29) is 18.6 Å². The van der Waals surface area contributed by atoms with E-state index in [1.54, 1.807) is 12.5 Å². The molecule has 0 unspecified atom stereocenters. The summed E-state index contributed by atoms with van der Waals surface area (Å²) in [5, 5.41) is 2.95. The molecule has 0 radical (unpaired) electrons. The molecule has 0 aliphatic carbocycles. The maximum atomic E-state index is 12.1. The maximum Gasteiger partial charge on any atom is 0.258 e. The Morgan fingerprint density at radius 3 is 2.56 bits per heavy atom. The second-order valence-corrected chi connectivity index (χ2v) is 6.84. The van der Waals surface area contributed by atoms with Crippen molar-refractivity contribution in [1.82, 2.24) is 14.9 Å². The third kappa shape index (κ3) is 4.82. The Balaban J connectivity index is 1.53. The molecular formula is C19H18IN3O2. The van der Waals surface area contributed by atoms with Gasteiger partial charge in [-0.15, -0.1) is 0 Å². The largest absolute Gasteiger partial charge is 0.484 e. The molecule has 2 aromatic carbocycles. The lowest BCUT2D eigenvalue weighted by atomic mass is 10.1. The smallest absolute Gasteiger partial charge is 0.258 e. The Morgan fingerprint density at radius 1 is 1.20 bits per heavy atom. The summed E-state index contributed by atoms with van der Waals surface area (Å²) in [6, 6.07) is 15.5. The minimum Gasteiger partial charge on any atom is -0.484 e. The predicted octanol–water partition coefficient (Wildman–Crippen LogP) is 3.73. The number of hydrogen-bond acceptors (Lipinski definition) is 3. The zero-order valence-corrected chi connectivity index (χ0v) is 15.9. The molecule has 1 aromatic heterocycles. The van der Waals surface area contributed by atoms with Crippen LogP contribution >= 0.6 is 22.6 Å². The van der Waals surface area contributed by atoms with Crippen LogP contribution < -0.4 is 10.1 Å². The molecule has 1 amide bonds. The molecule has 128 valence electrons. The number of hydrogen-bond donors (Lipinski definition) is 1. The molecule has 3 aromatic rings. The lowest BCUT2D eigenvalue weighted by molar-refractivity contribution is -0.123. The van der Waals surface area contributed by atoms with Crippen LogP contribution in [0.15, 0.2) is 67.3 Å². The quantitative estimate of drug-likeness (QED) is 0.586. The molecule has 0 fully saturated rings. The molecule has 0 aliphatic heterocycles. The van der Waals surface area contributed by atoms with Crippen molar-refractivity contribution in [3.63, 3.8) is 0 Å². The van der Waals surface area contributed by atoms with Gasteiger partial charge in [-0.2, -0.15) is 0 Å². The second kappa shape index (κ2) is 8.15. The van der Waals surface area contributed by atoms with Gasteiger partial charge in [0, 0.05) is 21.7 Å². The second-order valence-electron chi connectivity index (χ2n) is 5.59. The number of amides is 1. The Kier molecular flexibility index (Phi) is 5.70. The highest BCUT2D eigenvalue weighted by Gasteiger charge is 2.10. The summed E-state index contributed by atoms with van der Waals surface area (Å²) in [4.78, 5) is 16.1. The van der Waals surface area contributed by atoms with Crippen molar-refractivity contribution in [3.05, 3.63) is 76.4 Å². The van der Waals surface area contributed by atoms with E-state index in [1.807, 2.05) is 66.2 Å². The standard InChI is InChI=1S/C19H18IN3O2/c1-14(15-2-6-17(7-3-15)23-11-10-21-13-23)22-19(24)12-25-18-8-4-16(20)5-9-18/h2-11,13-14H,12H2,1H3,(H,22,24)/t14-/m0/s1. The fraction of sp³-hybridized carbons (Fsp3) is 0.158. The van der Waals surface area contributed by atoms with Gasteiger partial charge >= 0.3 is 0 Å². The minimum atomic E-state index is -0.148. The zero-order valence-electron chi connectivity index (χ0n) is 13.7. The molecule has 1 heterocycles. The highest BCUT2D eigenvalue weighted by atomic mass is 127. The third-order valence-electron chi connectivity index (χ3n) is 3.76. The van der Waals surface area contributed by atoms with E-state index < -0.39 is 0 Å². The van der Waals surface area contributed by atoms with Gasteiger partial charge in [0.2, 0.25) is 0 Å². The topological polar surface area (TPSA) is 56.1 Å². The number of nitrogens with one attached hydrogen (secondary N) is 1. The maximum absolute atomic E-state index is 12.1. The summed E-state index contributed by atoms with van der Waals surface area (Å²) in [6.07, 6.45) is 5.38. The highest BCUT2D eigenvalue weighted by Crippen LogP contribution is 2.16. The molecule has 0 bridgehead atoms. The summed E-state index contributed by atoms with van der Waals surface area (Å²) in [6.45, 7) is 1.95. The first-order valence-electron chi connectivity index (χ1n) is 7.88. The number of halogens is 1. The van der Waals surface area contributed by atoms with E-state index in [0.29, 0.717) is 5.75 Å². The average molecular weight is 447 g/mol. The Labute approximate surface area is 160 Å². The van der Waals surface area contributed by atoms with Gasteiger partial charge in [-0.05, 0) is 71.5 Å². The van der Waals surface area contributed by atoms with Gasteiger partial charge in [0.15, 0.2) is 6.61 Å². The van der Waals surface area contributed by atoms with E-state index in [2.05, 4.69) is 32.9 Å². The van der Waals surface area contributed by atoms with Crippen molar-refractivity contribution < 1.29 is 9.53 Å². The molecular weight excluding hydrogens is 429 g/mol. The summed E-state index contributed by atoms with van der Waals surface area (Å²) < 4.78 is 8.56. The lowest BCUT2D eigenvalue weighted by Gasteiger charge is -2.15. The monoisotopic (exact) mass is 447 g/mol. The normalized spacial score (nSPS) is 11.8. The molecule has 1 atom stereocenters. The molecule has 3 rings (SSSR count). The Bertz CT molecular complexity index is 815. The van der Waals surface area contributed by atoms with Crippen LogP contribution in [0, 0.1) is 3.57 Å². The van der Waals surface area contributed by atoms with Crippen molar-refractivity contribution in [1.29, 1.82) is 0 Å². The number of nitrogens with zero attached hydrogens (tertiary/aromatic N) is 2. The molecule has 0 spiro atoms. The molecule has 0 aliphatic rings. The van der Waals surface area contributed by atoms with Crippen LogP contribution in [0.2, 0.25) is 0 Å². The van der Waals surface area contributed by atoms with Crippen LogP contribution in [0.25, 0.3) is 5.69 Å². The summed E-state index contributed by atoms with van der Waals surface area (Å²) in [5.41, 5.74) is 2.06. The highest BCUT2D eigenvalue weighted by molar-refractivity contribution is 14.1. The SMILES string of the molecule is C[C@H](NC(=O)COc1ccc(I)cc1)c1ccc(-n2ccnc2)cc1. The van der Waals surface area contributed by atoms with E-state index >= 15 is 0 Å². The first-order valence-corrected chi connectivity index (χ1v) is 8.96.